The van der Waals surface area contributed by atoms with Gasteiger partial charge in [-0.3, -0.25) is 0 Å². The van der Waals surface area contributed by atoms with Gasteiger partial charge in [-0.15, -0.1) is 0 Å². The van der Waals surface area contributed by atoms with Crippen LogP contribution >= 0.6 is 11.6 Å². The van der Waals surface area contributed by atoms with Gasteiger partial charge in [0.2, 0.25) is 0 Å². The highest BCUT2D eigenvalue weighted by atomic mass is 35.5. The summed E-state index contributed by atoms with van der Waals surface area (Å²) in [6.45, 7) is 0.826. The zero-order valence-corrected chi connectivity index (χ0v) is 12.3. The van der Waals surface area contributed by atoms with E-state index in [1.807, 2.05) is 30.3 Å². The Morgan fingerprint density at radius 2 is 2.00 bits per heavy atom. The molecule has 1 aliphatic carbocycles. The summed E-state index contributed by atoms with van der Waals surface area (Å²) in [5.41, 5.74) is 3.38. The summed E-state index contributed by atoms with van der Waals surface area (Å²) in [4.78, 5) is 0. The molecule has 2 nitrogen and oxygen atoms in total. The van der Waals surface area contributed by atoms with E-state index < -0.39 is 0 Å². The minimum Gasteiger partial charge on any atom is -0.496 e. The van der Waals surface area contributed by atoms with E-state index >= 15 is 0 Å². The number of para-hydroxylation sites is 1. The summed E-state index contributed by atoms with van der Waals surface area (Å²) in [6, 6.07) is 14.9. The largest absolute Gasteiger partial charge is 0.496 e. The minimum absolute atomic E-state index is 0.681. The number of hydrogen-bond donors (Lipinski definition) is 1. The van der Waals surface area contributed by atoms with Gasteiger partial charge in [0.15, 0.2) is 0 Å². The first kappa shape index (κ1) is 13.5. The quantitative estimate of drug-likeness (QED) is 0.887. The molecule has 0 unspecified atom stereocenters. The van der Waals surface area contributed by atoms with Crippen LogP contribution in [0, 0.1) is 0 Å². The fourth-order valence-corrected chi connectivity index (χ4v) is 2.49. The molecule has 0 radical (unpaired) electrons. The average molecular weight is 288 g/mol. The second kappa shape index (κ2) is 5.86. The number of nitrogens with one attached hydrogen (secondary N) is 1. The molecule has 1 N–H and O–H groups in total. The van der Waals surface area contributed by atoms with Crippen LogP contribution in [0.15, 0.2) is 42.5 Å². The van der Waals surface area contributed by atoms with Gasteiger partial charge in [-0.2, -0.15) is 0 Å². The van der Waals surface area contributed by atoms with Crippen molar-refractivity contribution in [2.75, 3.05) is 7.11 Å². The van der Waals surface area contributed by atoms with Crippen molar-refractivity contribution < 1.29 is 4.74 Å². The lowest BCUT2D eigenvalue weighted by molar-refractivity contribution is 0.416. The lowest BCUT2D eigenvalue weighted by atomic mass is 10.0. The van der Waals surface area contributed by atoms with E-state index in [0.717, 1.165) is 34.0 Å². The predicted octanol–water partition coefficient (Wildman–Crippen LogP) is 4.27. The van der Waals surface area contributed by atoms with E-state index in [4.69, 9.17) is 16.3 Å². The molecule has 1 fully saturated rings. The van der Waals surface area contributed by atoms with Gasteiger partial charge in [0.25, 0.3) is 0 Å². The van der Waals surface area contributed by atoms with Crippen molar-refractivity contribution in [2.24, 2.45) is 0 Å². The van der Waals surface area contributed by atoms with E-state index in [2.05, 4.69) is 17.4 Å². The number of hydrogen-bond acceptors (Lipinski definition) is 2. The summed E-state index contributed by atoms with van der Waals surface area (Å²) < 4.78 is 5.43. The van der Waals surface area contributed by atoms with Gasteiger partial charge in [0, 0.05) is 23.2 Å². The minimum atomic E-state index is 0.681. The van der Waals surface area contributed by atoms with Gasteiger partial charge < -0.3 is 10.1 Å². The summed E-state index contributed by atoms with van der Waals surface area (Å²) in [6.07, 6.45) is 2.56. The molecule has 2 aromatic rings. The van der Waals surface area contributed by atoms with Crippen LogP contribution in [0.4, 0.5) is 0 Å². The van der Waals surface area contributed by atoms with E-state index in [1.54, 1.807) is 7.11 Å². The normalized spacial score (nSPS) is 14.3. The van der Waals surface area contributed by atoms with Gasteiger partial charge in [-0.05, 0) is 42.2 Å². The maximum atomic E-state index is 6.29. The predicted molar refractivity (Wildman–Crippen MR) is 83.3 cm³/mol. The molecule has 0 bridgehead atoms. The third-order valence-electron chi connectivity index (χ3n) is 3.62. The van der Waals surface area contributed by atoms with Crippen LogP contribution in [-0.4, -0.2) is 13.2 Å². The maximum absolute atomic E-state index is 6.29. The average Bonchev–Trinajstić information content (AvgIpc) is 3.30. The van der Waals surface area contributed by atoms with Crippen LogP contribution in [0.5, 0.6) is 5.75 Å². The molecule has 0 amide bonds. The molecule has 104 valence electrons. The topological polar surface area (TPSA) is 21.3 Å². The fraction of sp³-hybridized carbons (Fsp3) is 0.294. The third kappa shape index (κ3) is 2.97. The Balaban J connectivity index is 1.90. The van der Waals surface area contributed by atoms with Gasteiger partial charge in [-0.1, -0.05) is 35.9 Å². The highest BCUT2D eigenvalue weighted by Crippen LogP contribution is 2.32. The number of ether oxygens (including phenoxy) is 1. The van der Waals surface area contributed by atoms with Crippen molar-refractivity contribution in [3.63, 3.8) is 0 Å². The smallest absolute Gasteiger partial charge is 0.126 e. The number of rotatable bonds is 5. The summed E-state index contributed by atoms with van der Waals surface area (Å²) >= 11 is 6.29. The zero-order valence-electron chi connectivity index (χ0n) is 11.5. The highest BCUT2D eigenvalue weighted by molar-refractivity contribution is 6.31. The first-order chi connectivity index (χ1) is 9.78. The molecular weight excluding hydrogens is 270 g/mol. The molecule has 0 aromatic heterocycles. The van der Waals surface area contributed by atoms with Crippen LogP contribution < -0.4 is 10.1 Å². The molecule has 0 heterocycles. The molecule has 3 rings (SSSR count). The molecule has 3 heteroatoms. The number of halogens is 1. The number of benzene rings is 2. The van der Waals surface area contributed by atoms with Crippen molar-refractivity contribution in [3.8, 4) is 16.9 Å². The lowest BCUT2D eigenvalue weighted by Crippen LogP contribution is -2.15. The standard InChI is InChI=1S/C17H18ClNO/c1-20-17-5-3-2-4-15(17)12-6-9-16(18)13(10-12)11-19-14-7-8-14/h2-6,9-10,14,19H,7-8,11H2,1H3. The van der Waals surface area contributed by atoms with Crippen molar-refractivity contribution in [1.29, 1.82) is 0 Å². The summed E-state index contributed by atoms with van der Waals surface area (Å²) in [5.74, 6) is 0.885. The van der Waals surface area contributed by atoms with Crippen LogP contribution in [0.1, 0.15) is 18.4 Å². The Morgan fingerprint density at radius 1 is 1.20 bits per heavy atom. The lowest BCUT2D eigenvalue weighted by Gasteiger charge is -2.11. The van der Waals surface area contributed by atoms with Gasteiger partial charge in [0.05, 0.1) is 7.11 Å². The van der Waals surface area contributed by atoms with Crippen LogP contribution in [0.25, 0.3) is 11.1 Å². The molecule has 1 saturated carbocycles. The van der Waals surface area contributed by atoms with Gasteiger partial charge in [0.1, 0.15) is 5.75 Å². The van der Waals surface area contributed by atoms with E-state index in [1.165, 1.54) is 12.8 Å². The molecule has 2 aromatic carbocycles. The fourth-order valence-electron chi connectivity index (χ4n) is 2.30. The molecule has 1 aliphatic rings. The monoisotopic (exact) mass is 287 g/mol. The first-order valence-electron chi connectivity index (χ1n) is 6.93. The zero-order chi connectivity index (χ0) is 13.9. The third-order valence-corrected chi connectivity index (χ3v) is 3.99. The van der Waals surface area contributed by atoms with Crippen LogP contribution in [-0.2, 0) is 6.54 Å². The Morgan fingerprint density at radius 3 is 2.75 bits per heavy atom. The highest BCUT2D eigenvalue weighted by Gasteiger charge is 2.20. The Bertz CT molecular complexity index is 608. The van der Waals surface area contributed by atoms with Gasteiger partial charge >= 0.3 is 0 Å². The molecule has 0 atom stereocenters. The second-order valence-corrected chi connectivity index (χ2v) is 5.57. The first-order valence-corrected chi connectivity index (χ1v) is 7.31. The molecular formula is C17H18ClNO. The van der Waals surface area contributed by atoms with Gasteiger partial charge in [-0.25, -0.2) is 0 Å². The summed E-state index contributed by atoms with van der Waals surface area (Å²) in [5, 5.41) is 4.32. The van der Waals surface area contributed by atoms with Crippen molar-refractivity contribution in [1.82, 2.24) is 5.32 Å². The van der Waals surface area contributed by atoms with Crippen molar-refractivity contribution >= 4 is 11.6 Å². The van der Waals surface area contributed by atoms with Crippen LogP contribution in [0.3, 0.4) is 0 Å². The Labute approximate surface area is 124 Å². The SMILES string of the molecule is COc1ccccc1-c1ccc(Cl)c(CNC2CC2)c1. The maximum Gasteiger partial charge on any atom is 0.126 e. The van der Waals surface area contributed by atoms with Crippen LogP contribution in [0.2, 0.25) is 5.02 Å². The Kier molecular flexibility index (Phi) is 3.95. The second-order valence-electron chi connectivity index (χ2n) is 5.16. The van der Waals surface area contributed by atoms with Crippen molar-refractivity contribution in [3.05, 3.63) is 53.1 Å². The van der Waals surface area contributed by atoms with E-state index in [-0.39, 0.29) is 0 Å². The van der Waals surface area contributed by atoms with Crippen molar-refractivity contribution in [2.45, 2.75) is 25.4 Å². The molecule has 0 aliphatic heterocycles. The number of methoxy groups -OCH3 is 1. The Hall–Kier alpha value is -1.51. The molecule has 20 heavy (non-hydrogen) atoms. The van der Waals surface area contributed by atoms with E-state index in [0.29, 0.717) is 6.04 Å². The molecule has 0 spiro atoms. The molecule has 0 saturated heterocycles. The summed E-state index contributed by atoms with van der Waals surface area (Å²) in [7, 11) is 1.70. The van der Waals surface area contributed by atoms with E-state index in [9.17, 15) is 0 Å².